The maximum atomic E-state index is 12.5. The number of carbonyl (C=O) groups excluding carboxylic acids is 2. The van der Waals surface area contributed by atoms with Gasteiger partial charge in [0.25, 0.3) is 5.91 Å². The molecule has 1 atom stereocenters. The number of hydrogen-bond acceptors (Lipinski definition) is 6. The number of likely N-dealkylation sites (N-methyl/N-ethyl adjacent to an activating group) is 1. The second kappa shape index (κ2) is 6.50. The van der Waals surface area contributed by atoms with Crippen LogP contribution in [-0.2, 0) is 20.8 Å². The minimum Gasteiger partial charge on any atom is -0.465 e. The first-order valence-corrected chi connectivity index (χ1v) is 7.11. The highest BCUT2D eigenvalue weighted by molar-refractivity contribution is 5.90. The van der Waals surface area contributed by atoms with Gasteiger partial charge in [0, 0.05) is 13.7 Å². The van der Waals surface area contributed by atoms with Crippen LogP contribution in [0.2, 0.25) is 0 Å². The molecule has 7 nitrogen and oxygen atoms in total. The van der Waals surface area contributed by atoms with E-state index < -0.39 is 11.6 Å². The van der Waals surface area contributed by atoms with E-state index >= 15 is 0 Å². The summed E-state index contributed by atoms with van der Waals surface area (Å²) in [6, 6.07) is 1.56. The number of aliphatic hydroxyl groups excluding tert-OH is 1. The van der Waals surface area contributed by atoms with E-state index in [0.29, 0.717) is 30.1 Å². The lowest BCUT2D eigenvalue weighted by Gasteiger charge is -2.29. The van der Waals surface area contributed by atoms with Crippen molar-refractivity contribution in [3.05, 3.63) is 23.2 Å². The fourth-order valence-corrected chi connectivity index (χ4v) is 2.65. The SMILES string of the molecule is COC(=O)c1cc(CN(C)C(=O)C2(CO)CCCO2)oc1C. The number of furan rings is 1. The van der Waals surface area contributed by atoms with Gasteiger partial charge in [0.05, 0.1) is 20.3 Å². The summed E-state index contributed by atoms with van der Waals surface area (Å²) in [5, 5.41) is 9.50. The highest BCUT2D eigenvalue weighted by Gasteiger charge is 2.44. The summed E-state index contributed by atoms with van der Waals surface area (Å²) >= 11 is 0. The van der Waals surface area contributed by atoms with Crippen LogP contribution in [0.5, 0.6) is 0 Å². The number of carbonyl (C=O) groups is 2. The van der Waals surface area contributed by atoms with Crippen molar-refractivity contribution in [3.8, 4) is 0 Å². The van der Waals surface area contributed by atoms with Crippen molar-refractivity contribution in [1.82, 2.24) is 4.90 Å². The minimum atomic E-state index is -1.15. The second-order valence-electron chi connectivity index (χ2n) is 5.44. The van der Waals surface area contributed by atoms with Crippen molar-refractivity contribution in [2.45, 2.75) is 31.9 Å². The summed E-state index contributed by atoms with van der Waals surface area (Å²) in [7, 11) is 2.91. The van der Waals surface area contributed by atoms with Gasteiger partial charge in [-0.1, -0.05) is 0 Å². The molecule has 1 aromatic heterocycles. The van der Waals surface area contributed by atoms with Gasteiger partial charge < -0.3 is 23.9 Å². The molecule has 0 spiro atoms. The van der Waals surface area contributed by atoms with E-state index in [9.17, 15) is 14.7 Å². The first-order chi connectivity index (χ1) is 10.4. The molecule has 22 heavy (non-hydrogen) atoms. The number of aryl methyl sites for hydroxylation is 1. The predicted octanol–water partition coefficient (Wildman–Crippen LogP) is 0.875. The standard InChI is InChI=1S/C15H21NO6/c1-10-12(13(18)20-3)7-11(22-10)8-16(2)14(19)15(9-17)5-4-6-21-15/h7,17H,4-6,8-9H2,1-3H3. The third-order valence-corrected chi connectivity index (χ3v) is 3.86. The third-order valence-electron chi connectivity index (χ3n) is 3.86. The van der Waals surface area contributed by atoms with E-state index in [-0.39, 0.29) is 19.1 Å². The Labute approximate surface area is 128 Å². The smallest absolute Gasteiger partial charge is 0.341 e. The Balaban J connectivity index is 2.10. The van der Waals surface area contributed by atoms with Gasteiger partial charge in [-0.15, -0.1) is 0 Å². The maximum absolute atomic E-state index is 12.5. The molecular weight excluding hydrogens is 290 g/mol. The lowest BCUT2D eigenvalue weighted by Crippen LogP contribution is -2.49. The molecule has 1 aliphatic heterocycles. The van der Waals surface area contributed by atoms with E-state index in [2.05, 4.69) is 4.74 Å². The Bertz CT molecular complexity index is 558. The molecule has 122 valence electrons. The van der Waals surface area contributed by atoms with Crippen LogP contribution in [0.3, 0.4) is 0 Å². The van der Waals surface area contributed by atoms with Crippen molar-refractivity contribution in [1.29, 1.82) is 0 Å². The summed E-state index contributed by atoms with van der Waals surface area (Å²) in [5.41, 5.74) is -0.811. The van der Waals surface area contributed by atoms with Crippen LogP contribution in [0.25, 0.3) is 0 Å². The monoisotopic (exact) mass is 311 g/mol. The van der Waals surface area contributed by atoms with Gasteiger partial charge >= 0.3 is 5.97 Å². The summed E-state index contributed by atoms with van der Waals surface area (Å²) in [4.78, 5) is 25.5. The fourth-order valence-electron chi connectivity index (χ4n) is 2.65. The van der Waals surface area contributed by atoms with Gasteiger partial charge in [0.1, 0.15) is 17.1 Å². The molecule has 2 rings (SSSR count). The molecule has 7 heteroatoms. The molecule has 1 N–H and O–H groups in total. The van der Waals surface area contributed by atoms with E-state index in [1.165, 1.54) is 12.0 Å². The van der Waals surface area contributed by atoms with Crippen LogP contribution in [0.15, 0.2) is 10.5 Å². The summed E-state index contributed by atoms with van der Waals surface area (Å²) in [6.45, 7) is 1.96. The van der Waals surface area contributed by atoms with Gasteiger partial charge in [-0.05, 0) is 25.8 Å². The number of rotatable bonds is 5. The molecule has 0 saturated carbocycles. The largest absolute Gasteiger partial charge is 0.465 e. The van der Waals surface area contributed by atoms with Gasteiger partial charge in [-0.25, -0.2) is 4.79 Å². The van der Waals surface area contributed by atoms with Gasteiger partial charge in [-0.2, -0.15) is 0 Å². The summed E-state index contributed by atoms with van der Waals surface area (Å²) in [5.74, 6) is 0.144. The zero-order valence-corrected chi connectivity index (χ0v) is 13.0. The molecule has 1 saturated heterocycles. The average Bonchev–Trinajstić information content (AvgIpc) is 3.13. The molecule has 1 amide bonds. The fraction of sp³-hybridized carbons (Fsp3) is 0.600. The second-order valence-corrected chi connectivity index (χ2v) is 5.44. The Hall–Kier alpha value is -1.86. The molecular formula is C15H21NO6. The molecule has 0 bridgehead atoms. The molecule has 1 aliphatic rings. The average molecular weight is 311 g/mol. The lowest BCUT2D eigenvalue weighted by atomic mass is 9.99. The number of esters is 1. The summed E-state index contributed by atoms with van der Waals surface area (Å²) < 4.78 is 15.6. The van der Waals surface area contributed by atoms with E-state index in [0.717, 1.165) is 6.42 Å². The first kappa shape index (κ1) is 16.5. The Kier molecular flexibility index (Phi) is 4.87. The van der Waals surface area contributed by atoms with Gasteiger partial charge in [0.2, 0.25) is 0 Å². The van der Waals surface area contributed by atoms with Crippen molar-refractivity contribution in [2.75, 3.05) is 27.4 Å². The number of amides is 1. The summed E-state index contributed by atoms with van der Waals surface area (Å²) in [6.07, 6.45) is 1.24. The topological polar surface area (TPSA) is 89.2 Å². The van der Waals surface area contributed by atoms with Gasteiger partial charge in [0.15, 0.2) is 5.60 Å². The van der Waals surface area contributed by atoms with Crippen LogP contribution in [0, 0.1) is 6.92 Å². The van der Waals surface area contributed by atoms with Crippen LogP contribution in [0.4, 0.5) is 0 Å². The van der Waals surface area contributed by atoms with Crippen molar-refractivity contribution >= 4 is 11.9 Å². The molecule has 0 aromatic carbocycles. The number of aliphatic hydroxyl groups is 1. The van der Waals surface area contributed by atoms with Crippen molar-refractivity contribution in [3.63, 3.8) is 0 Å². The van der Waals surface area contributed by atoms with Crippen LogP contribution >= 0.6 is 0 Å². The Morgan fingerprint density at radius 1 is 1.50 bits per heavy atom. The number of methoxy groups -OCH3 is 1. The quantitative estimate of drug-likeness (QED) is 0.812. The lowest BCUT2D eigenvalue weighted by molar-refractivity contribution is -0.156. The molecule has 1 fully saturated rings. The maximum Gasteiger partial charge on any atom is 0.341 e. The Morgan fingerprint density at radius 3 is 2.77 bits per heavy atom. The number of ether oxygens (including phenoxy) is 2. The number of hydrogen-bond donors (Lipinski definition) is 1. The zero-order chi connectivity index (χ0) is 16.3. The van der Waals surface area contributed by atoms with E-state index in [1.54, 1.807) is 20.0 Å². The molecule has 1 aromatic rings. The van der Waals surface area contributed by atoms with E-state index in [4.69, 9.17) is 9.15 Å². The Morgan fingerprint density at radius 2 is 2.23 bits per heavy atom. The zero-order valence-electron chi connectivity index (χ0n) is 13.0. The van der Waals surface area contributed by atoms with Crippen molar-refractivity contribution < 1.29 is 28.6 Å². The minimum absolute atomic E-state index is 0.182. The highest BCUT2D eigenvalue weighted by Crippen LogP contribution is 2.28. The van der Waals surface area contributed by atoms with Crippen LogP contribution in [-0.4, -0.2) is 54.9 Å². The molecule has 1 unspecified atom stereocenters. The highest BCUT2D eigenvalue weighted by atomic mass is 16.5. The van der Waals surface area contributed by atoms with Crippen molar-refractivity contribution in [2.24, 2.45) is 0 Å². The van der Waals surface area contributed by atoms with Crippen LogP contribution < -0.4 is 0 Å². The molecule has 0 radical (unpaired) electrons. The first-order valence-electron chi connectivity index (χ1n) is 7.11. The van der Waals surface area contributed by atoms with Gasteiger partial charge in [-0.3, -0.25) is 4.79 Å². The molecule has 0 aliphatic carbocycles. The normalized spacial score (nSPS) is 20.9. The number of nitrogens with zero attached hydrogens (tertiary/aromatic N) is 1. The molecule has 2 heterocycles. The third kappa shape index (κ3) is 3.00. The predicted molar refractivity (Wildman–Crippen MR) is 76.3 cm³/mol. The van der Waals surface area contributed by atoms with Crippen LogP contribution in [0.1, 0.15) is 34.7 Å². The van der Waals surface area contributed by atoms with E-state index in [1.807, 2.05) is 0 Å².